The van der Waals surface area contributed by atoms with E-state index in [4.69, 9.17) is 4.42 Å². The molecule has 1 heterocycles. The van der Waals surface area contributed by atoms with Gasteiger partial charge in [-0.1, -0.05) is 42.0 Å². The van der Waals surface area contributed by atoms with Crippen LogP contribution in [0.5, 0.6) is 0 Å². The predicted molar refractivity (Wildman–Crippen MR) is 92.8 cm³/mol. The van der Waals surface area contributed by atoms with Crippen LogP contribution in [0, 0.1) is 20.8 Å². The molecular weight excluding hydrogens is 286 g/mol. The summed E-state index contributed by atoms with van der Waals surface area (Å²) in [5, 5.41) is 2.91. The van der Waals surface area contributed by atoms with Crippen LogP contribution in [0.4, 0.5) is 5.69 Å². The van der Waals surface area contributed by atoms with Gasteiger partial charge in [0, 0.05) is 11.3 Å². The highest BCUT2D eigenvalue weighted by Gasteiger charge is 2.16. The van der Waals surface area contributed by atoms with Crippen LogP contribution >= 0.6 is 0 Å². The van der Waals surface area contributed by atoms with Gasteiger partial charge in [-0.25, -0.2) is 0 Å². The van der Waals surface area contributed by atoms with Crippen molar-refractivity contribution in [2.75, 3.05) is 5.32 Å². The largest absolute Gasteiger partial charge is 0.461 e. The third-order valence-electron chi connectivity index (χ3n) is 3.77. The van der Waals surface area contributed by atoms with Gasteiger partial charge in [0.2, 0.25) is 0 Å². The van der Waals surface area contributed by atoms with Gasteiger partial charge in [0.1, 0.15) is 11.5 Å². The van der Waals surface area contributed by atoms with Crippen molar-refractivity contribution in [3.63, 3.8) is 0 Å². The van der Waals surface area contributed by atoms with E-state index in [1.54, 1.807) is 6.07 Å². The van der Waals surface area contributed by atoms with Crippen molar-refractivity contribution in [2.24, 2.45) is 0 Å². The highest BCUT2D eigenvalue weighted by atomic mass is 16.3. The van der Waals surface area contributed by atoms with Gasteiger partial charge in [0.25, 0.3) is 5.91 Å². The molecule has 0 bridgehead atoms. The third-order valence-corrected chi connectivity index (χ3v) is 3.77. The van der Waals surface area contributed by atoms with E-state index < -0.39 is 0 Å². The van der Waals surface area contributed by atoms with Gasteiger partial charge >= 0.3 is 0 Å². The van der Waals surface area contributed by atoms with E-state index in [9.17, 15) is 4.79 Å². The second-order valence-electron chi connectivity index (χ2n) is 5.77. The minimum Gasteiger partial charge on any atom is -0.461 e. The first-order valence-electron chi connectivity index (χ1n) is 7.58. The number of aryl methyl sites for hydroxylation is 3. The summed E-state index contributed by atoms with van der Waals surface area (Å²) in [7, 11) is 0. The Kier molecular flexibility index (Phi) is 4.02. The number of furan rings is 1. The molecule has 3 rings (SSSR count). The molecule has 0 saturated carbocycles. The Morgan fingerprint density at radius 1 is 0.913 bits per heavy atom. The molecule has 116 valence electrons. The summed E-state index contributed by atoms with van der Waals surface area (Å²) in [6, 6.07) is 17.6. The number of nitrogens with one attached hydrogen (secondary N) is 1. The number of carbonyl (C=O) groups excluding carboxylic acids is 1. The molecule has 0 aliphatic carbocycles. The van der Waals surface area contributed by atoms with E-state index in [-0.39, 0.29) is 5.91 Å². The molecule has 1 aromatic heterocycles. The SMILES string of the molecule is Cc1ccc(-c2cc(C(=O)Nc3cccc(C)c3)c(C)o2)cc1. The first-order valence-corrected chi connectivity index (χ1v) is 7.58. The summed E-state index contributed by atoms with van der Waals surface area (Å²) in [5.74, 6) is 1.16. The van der Waals surface area contributed by atoms with Crippen molar-refractivity contribution in [1.82, 2.24) is 0 Å². The van der Waals surface area contributed by atoms with Crippen molar-refractivity contribution >= 4 is 11.6 Å². The number of anilines is 1. The van der Waals surface area contributed by atoms with Crippen LogP contribution in [0.3, 0.4) is 0 Å². The summed E-state index contributed by atoms with van der Waals surface area (Å²) >= 11 is 0. The zero-order valence-electron chi connectivity index (χ0n) is 13.5. The average Bonchev–Trinajstić information content (AvgIpc) is 2.90. The van der Waals surface area contributed by atoms with E-state index in [1.807, 2.05) is 69.3 Å². The topological polar surface area (TPSA) is 42.2 Å². The first kappa shape index (κ1) is 15.1. The Morgan fingerprint density at radius 3 is 2.35 bits per heavy atom. The fourth-order valence-corrected chi connectivity index (χ4v) is 2.49. The molecule has 0 unspecified atom stereocenters. The number of hydrogen-bond acceptors (Lipinski definition) is 2. The van der Waals surface area contributed by atoms with Crippen LogP contribution in [0.15, 0.2) is 59.0 Å². The standard InChI is InChI=1S/C20H19NO2/c1-13-7-9-16(10-8-13)19-12-18(15(3)23-19)20(22)21-17-6-4-5-14(2)11-17/h4-12H,1-3H3,(H,21,22). The van der Waals surface area contributed by atoms with Crippen LogP contribution in [0.1, 0.15) is 27.2 Å². The molecular formula is C20H19NO2. The van der Waals surface area contributed by atoms with Crippen molar-refractivity contribution < 1.29 is 9.21 Å². The van der Waals surface area contributed by atoms with Crippen LogP contribution < -0.4 is 5.32 Å². The fourth-order valence-electron chi connectivity index (χ4n) is 2.49. The molecule has 23 heavy (non-hydrogen) atoms. The second-order valence-corrected chi connectivity index (χ2v) is 5.77. The zero-order chi connectivity index (χ0) is 16.4. The second kappa shape index (κ2) is 6.13. The smallest absolute Gasteiger partial charge is 0.259 e. The number of benzene rings is 2. The van der Waals surface area contributed by atoms with Gasteiger partial charge in [-0.05, 0) is 44.5 Å². The Labute approximate surface area is 136 Å². The van der Waals surface area contributed by atoms with Crippen molar-refractivity contribution in [2.45, 2.75) is 20.8 Å². The Morgan fingerprint density at radius 2 is 1.65 bits per heavy atom. The Hall–Kier alpha value is -2.81. The number of hydrogen-bond donors (Lipinski definition) is 1. The maximum Gasteiger partial charge on any atom is 0.259 e. The molecule has 1 amide bonds. The summed E-state index contributed by atoms with van der Waals surface area (Å²) < 4.78 is 5.76. The van der Waals surface area contributed by atoms with Crippen LogP contribution in [-0.4, -0.2) is 5.91 Å². The van der Waals surface area contributed by atoms with E-state index in [1.165, 1.54) is 5.56 Å². The lowest BCUT2D eigenvalue weighted by Gasteiger charge is -2.04. The van der Waals surface area contributed by atoms with Crippen molar-refractivity contribution in [3.05, 3.63) is 77.0 Å². The molecule has 0 saturated heterocycles. The van der Waals surface area contributed by atoms with Crippen LogP contribution in [-0.2, 0) is 0 Å². The monoisotopic (exact) mass is 305 g/mol. The molecule has 3 nitrogen and oxygen atoms in total. The molecule has 0 aliphatic heterocycles. The lowest BCUT2D eigenvalue weighted by atomic mass is 10.1. The molecule has 2 aromatic carbocycles. The summed E-state index contributed by atoms with van der Waals surface area (Å²) in [6.45, 7) is 5.84. The minimum atomic E-state index is -0.157. The zero-order valence-corrected chi connectivity index (χ0v) is 13.5. The van der Waals surface area contributed by atoms with Crippen molar-refractivity contribution in [3.8, 4) is 11.3 Å². The Bertz CT molecular complexity index is 844. The van der Waals surface area contributed by atoms with E-state index in [0.29, 0.717) is 17.1 Å². The maximum absolute atomic E-state index is 12.5. The highest BCUT2D eigenvalue weighted by molar-refractivity contribution is 6.05. The van der Waals surface area contributed by atoms with E-state index >= 15 is 0 Å². The first-order chi connectivity index (χ1) is 11.0. The Balaban J connectivity index is 1.85. The van der Waals surface area contributed by atoms with Gasteiger partial charge in [-0.2, -0.15) is 0 Å². The minimum absolute atomic E-state index is 0.157. The van der Waals surface area contributed by atoms with Crippen LogP contribution in [0.2, 0.25) is 0 Å². The van der Waals surface area contributed by atoms with Gasteiger partial charge < -0.3 is 9.73 Å². The molecule has 3 aromatic rings. The third kappa shape index (κ3) is 3.34. The maximum atomic E-state index is 12.5. The quantitative estimate of drug-likeness (QED) is 0.729. The molecule has 0 spiro atoms. The fraction of sp³-hybridized carbons (Fsp3) is 0.150. The summed E-state index contributed by atoms with van der Waals surface area (Å²) in [6.07, 6.45) is 0. The summed E-state index contributed by atoms with van der Waals surface area (Å²) in [5.41, 5.74) is 4.60. The predicted octanol–water partition coefficient (Wildman–Crippen LogP) is 5.12. The number of rotatable bonds is 3. The lowest BCUT2D eigenvalue weighted by Crippen LogP contribution is -2.12. The molecule has 0 radical (unpaired) electrons. The van der Waals surface area contributed by atoms with Crippen LogP contribution in [0.25, 0.3) is 11.3 Å². The average molecular weight is 305 g/mol. The van der Waals surface area contributed by atoms with E-state index in [2.05, 4.69) is 5.32 Å². The number of carbonyl (C=O) groups is 1. The highest BCUT2D eigenvalue weighted by Crippen LogP contribution is 2.26. The van der Waals surface area contributed by atoms with Gasteiger partial charge in [-0.15, -0.1) is 0 Å². The normalized spacial score (nSPS) is 10.6. The molecule has 0 aliphatic rings. The lowest BCUT2D eigenvalue weighted by molar-refractivity contribution is 0.102. The summed E-state index contributed by atoms with van der Waals surface area (Å²) in [4.78, 5) is 12.5. The van der Waals surface area contributed by atoms with Gasteiger partial charge in [-0.3, -0.25) is 4.79 Å². The van der Waals surface area contributed by atoms with Gasteiger partial charge in [0.05, 0.1) is 5.56 Å². The molecule has 0 atom stereocenters. The van der Waals surface area contributed by atoms with E-state index in [0.717, 1.165) is 16.8 Å². The molecule has 3 heteroatoms. The van der Waals surface area contributed by atoms with Crippen molar-refractivity contribution in [1.29, 1.82) is 0 Å². The van der Waals surface area contributed by atoms with Gasteiger partial charge in [0.15, 0.2) is 0 Å². The molecule has 1 N–H and O–H groups in total. The molecule has 0 fully saturated rings. The number of amides is 1.